The summed E-state index contributed by atoms with van der Waals surface area (Å²) in [6.45, 7) is 8.94. The van der Waals surface area contributed by atoms with Gasteiger partial charge in [-0.15, -0.1) is 0 Å². The molecule has 2 heterocycles. The molecule has 28 heavy (non-hydrogen) atoms. The van der Waals surface area contributed by atoms with Crippen LogP contribution in [0.15, 0.2) is 48.7 Å². The van der Waals surface area contributed by atoms with Crippen molar-refractivity contribution in [2.75, 3.05) is 18.0 Å². The lowest BCUT2D eigenvalue weighted by Crippen LogP contribution is -2.55. The van der Waals surface area contributed by atoms with Crippen molar-refractivity contribution in [3.63, 3.8) is 0 Å². The van der Waals surface area contributed by atoms with Gasteiger partial charge in [-0.25, -0.2) is 0 Å². The number of Topliss-reactive ketones (excluding diaryl/α,β-unsaturated/α-hetero) is 1. The SMILES string of the molecule is C=C1CC(=O)Cc2ccccc2N1C1(C)CCN(C2/C=C\CCCCC2)CC1. The van der Waals surface area contributed by atoms with Gasteiger partial charge in [0.25, 0.3) is 0 Å². The molecule has 1 unspecified atom stereocenters. The average molecular weight is 379 g/mol. The number of rotatable bonds is 2. The Bertz CT molecular complexity index is 758. The van der Waals surface area contributed by atoms with Crippen LogP contribution in [0.3, 0.4) is 0 Å². The van der Waals surface area contributed by atoms with E-state index in [0.29, 0.717) is 18.9 Å². The Hall–Kier alpha value is -1.87. The lowest BCUT2D eigenvalue weighted by molar-refractivity contribution is -0.117. The third-order valence-electron chi connectivity index (χ3n) is 6.95. The van der Waals surface area contributed by atoms with Gasteiger partial charge in [-0.1, -0.05) is 49.8 Å². The standard InChI is InChI=1S/C25H34N2O/c1-20-18-23(28)19-21-10-8-9-13-24(21)27(20)25(2)14-16-26(17-15-25)22-11-6-4-3-5-7-12-22/h6,8-11,13,22H,1,3-5,7,12,14-19H2,2H3/b11-6-. The second-order valence-electron chi connectivity index (χ2n) is 9.09. The molecule has 1 fully saturated rings. The van der Waals surface area contributed by atoms with E-state index >= 15 is 0 Å². The molecule has 150 valence electrons. The molecule has 0 N–H and O–H groups in total. The van der Waals surface area contributed by atoms with E-state index in [1.807, 2.05) is 6.07 Å². The highest BCUT2D eigenvalue weighted by atomic mass is 16.1. The van der Waals surface area contributed by atoms with E-state index < -0.39 is 0 Å². The maximum Gasteiger partial charge on any atom is 0.143 e. The van der Waals surface area contributed by atoms with Crippen LogP contribution in [0.25, 0.3) is 0 Å². The van der Waals surface area contributed by atoms with Crippen LogP contribution in [0.2, 0.25) is 0 Å². The van der Waals surface area contributed by atoms with Crippen molar-refractivity contribution in [1.29, 1.82) is 0 Å². The molecule has 1 aliphatic carbocycles. The van der Waals surface area contributed by atoms with Gasteiger partial charge in [-0.05, 0) is 50.7 Å². The van der Waals surface area contributed by atoms with Crippen LogP contribution in [0.5, 0.6) is 0 Å². The Balaban J connectivity index is 1.54. The van der Waals surface area contributed by atoms with Gasteiger partial charge < -0.3 is 4.90 Å². The number of likely N-dealkylation sites (tertiary alicyclic amines) is 1. The number of carbonyl (C=O) groups is 1. The molecular weight excluding hydrogens is 344 g/mol. The van der Waals surface area contributed by atoms with Gasteiger partial charge in [0.2, 0.25) is 0 Å². The van der Waals surface area contributed by atoms with E-state index in [0.717, 1.165) is 37.2 Å². The number of nitrogens with zero attached hydrogens (tertiary/aromatic N) is 2. The number of piperidine rings is 1. The summed E-state index contributed by atoms with van der Waals surface area (Å²) in [7, 11) is 0. The summed E-state index contributed by atoms with van der Waals surface area (Å²) in [6, 6.07) is 9.02. The first kappa shape index (κ1) is 19.4. The monoisotopic (exact) mass is 378 g/mol. The minimum atomic E-state index is 0.0274. The molecule has 1 saturated heterocycles. The Morgan fingerprint density at radius 1 is 1.07 bits per heavy atom. The zero-order valence-corrected chi connectivity index (χ0v) is 17.3. The number of anilines is 1. The number of carbonyl (C=O) groups excluding carboxylic acids is 1. The highest BCUT2D eigenvalue weighted by molar-refractivity contribution is 5.88. The maximum absolute atomic E-state index is 12.4. The number of ketones is 1. The first-order valence-corrected chi connectivity index (χ1v) is 11.1. The molecule has 2 aliphatic heterocycles. The predicted octanol–water partition coefficient (Wildman–Crippen LogP) is 5.27. The molecule has 3 heteroatoms. The molecule has 1 atom stereocenters. The Morgan fingerprint density at radius 2 is 1.86 bits per heavy atom. The number of allylic oxidation sites excluding steroid dienone is 2. The van der Waals surface area contributed by atoms with Gasteiger partial charge in [0.1, 0.15) is 5.78 Å². The third kappa shape index (κ3) is 3.96. The second-order valence-corrected chi connectivity index (χ2v) is 9.09. The van der Waals surface area contributed by atoms with E-state index in [4.69, 9.17) is 0 Å². The van der Waals surface area contributed by atoms with Gasteiger partial charge in [-0.2, -0.15) is 0 Å². The van der Waals surface area contributed by atoms with E-state index in [1.165, 1.54) is 37.8 Å². The molecule has 0 saturated carbocycles. The summed E-state index contributed by atoms with van der Waals surface area (Å²) in [5.41, 5.74) is 3.34. The van der Waals surface area contributed by atoms with Crippen LogP contribution in [0.1, 0.15) is 63.9 Å². The molecule has 0 radical (unpaired) electrons. The first-order valence-electron chi connectivity index (χ1n) is 11.1. The molecule has 0 amide bonds. The van der Waals surface area contributed by atoms with Gasteiger partial charge in [-0.3, -0.25) is 9.69 Å². The molecule has 1 aromatic carbocycles. The summed E-state index contributed by atoms with van der Waals surface area (Å²) in [5.74, 6) is 0.278. The van der Waals surface area contributed by atoms with Crippen molar-refractivity contribution in [2.45, 2.75) is 76.3 Å². The number of hydrogen-bond donors (Lipinski definition) is 0. The van der Waals surface area contributed by atoms with Crippen LogP contribution >= 0.6 is 0 Å². The summed E-state index contributed by atoms with van der Waals surface area (Å²) in [4.78, 5) is 17.5. The topological polar surface area (TPSA) is 23.6 Å². The van der Waals surface area contributed by atoms with Crippen molar-refractivity contribution in [2.24, 2.45) is 0 Å². The molecule has 0 spiro atoms. The minimum Gasteiger partial charge on any atom is -0.339 e. The van der Waals surface area contributed by atoms with Crippen LogP contribution < -0.4 is 4.90 Å². The number of para-hydroxylation sites is 1. The summed E-state index contributed by atoms with van der Waals surface area (Å²) in [6.07, 6.45) is 14.7. The van der Waals surface area contributed by atoms with Gasteiger partial charge in [0, 0.05) is 48.9 Å². The van der Waals surface area contributed by atoms with Crippen molar-refractivity contribution in [1.82, 2.24) is 4.90 Å². The van der Waals surface area contributed by atoms with E-state index in [2.05, 4.69) is 53.7 Å². The van der Waals surface area contributed by atoms with Gasteiger partial charge >= 0.3 is 0 Å². The minimum absolute atomic E-state index is 0.0274. The molecule has 0 bridgehead atoms. The largest absolute Gasteiger partial charge is 0.339 e. The highest BCUT2D eigenvalue weighted by Gasteiger charge is 2.40. The summed E-state index contributed by atoms with van der Waals surface area (Å²) in [5, 5.41) is 0. The van der Waals surface area contributed by atoms with E-state index in [1.54, 1.807) is 0 Å². The van der Waals surface area contributed by atoms with Gasteiger partial charge in [0.15, 0.2) is 0 Å². The molecule has 1 aromatic rings. The quantitative estimate of drug-likeness (QED) is 0.655. The number of hydrogen-bond acceptors (Lipinski definition) is 3. The van der Waals surface area contributed by atoms with Crippen LogP contribution in [-0.4, -0.2) is 35.4 Å². The van der Waals surface area contributed by atoms with Gasteiger partial charge in [0.05, 0.1) is 0 Å². The van der Waals surface area contributed by atoms with E-state index in [-0.39, 0.29) is 11.3 Å². The smallest absolute Gasteiger partial charge is 0.143 e. The predicted molar refractivity (Wildman–Crippen MR) is 117 cm³/mol. The lowest BCUT2D eigenvalue weighted by atomic mass is 9.85. The third-order valence-corrected chi connectivity index (χ3v) is 6.95. The fourth-order valence-electron chi connectivity index (χ4n) is 5.31. The molecule has 4 rings (SSSR count). The van der Waals surface area contributed by atoms with Crippen LogP contribution in [0, 0.1) is 0 Å². The molecular formula is C25H34N2O. The molecule has 3 nitrogen and oxygen atoms in total. The van der Waals surface area contributed by atoms with Crippen LogP contribution in [0.4, 0.5) is 5.69 Å². The second kappa shape index (κ2) is 8.24. The van der Waals surface area contributed by atoms with Crippen molar-refractivity contribution >= 4 is 11.5 Å². The first-order chi connectivity index (χ1) is 13.6. The zero-order valence-electron chi connectivity index (χ0n) is 17.3. The summed E-state index contributed by atoms with van der Waals surface area (Å²) >= 11 is 0. The Morgan fingerprint density at radius 3 is 2.68 bits per heavy atom. The van der Waals surface area contributed by atoms with Crippen molar-refractivity contribution in [3.8, 4) is 0 Å². The van der Waals surface area contributed by atoms with Crippen molar-refractivity contribution < 1.29 is 4.79 Å². The Kier molecular flexibility index (Phi) is 5.73. The lowest BCUT2D eigenvalue weighted by Gasteiger charge is -2.49. The number of benzene rings is 1. The van der Waals surface area contributed by atoms with Crippen LogP contribution in [-0.2, 0) is 11.2 Å². The zero-order chi connectivity index (χ0) is 19.6. The molecule has 3 aliphatic rings. The Labute approximate surface area is 170 Å². The average Bonchev–Trinajstić information content (AvgIpc) is 2.77. The maximum atomic E-state index is 12.4. The fourth-order valence-corrected chi connectivity index (χ4v) is 5.31. The number of fused-ring (bicyclic) bond motifs is 1. The normalized spacial score (nSPS) is 27.5. The molecule has 0 aromatic heterocycles. The fraction of sp³-hybridized carbons (Fsp3) is 0.560. The summed E-state index contributed by atoms with van der Waals surface area (Å²) < 4.78 is 0. The highest BCUT2D eigenvalue weighted by Crippen LogP contribution is 2.40. The van der Waals surface area contributed by atoms with Crippen molar-refractivity contribution in [3.05, 3.63) is 54.3 Å². The van der Waals surface area contributed by atoms with E-state index in [9.17, 15) is 4.79 Å².